The first kappa shape index (κ1) is 21.7. The summed E-state index contributed by atoms with van der Waals surface area (Å²) in [7, 11) is 1.63. The summed E-state index contributed by atoms with van der Waals surface area (Å²) < 4.78 is 13.3. The van der Waals surface area contributed by atoms with E-state index in [1.165, 1.54) is 0 Å². The number of amides is 1. The van der Waals surface area contributed by atoms with Crippen LogP contribution in [0.3, 0.4) is 0 Å². The Balaban J connectivity index is 1.85. The third-order valence-electron chi connectivity index (χ3n) is 6.35. The van der Waals surface area contributed by atoms with Crippen molar-refractivity contribution in [1.82, 2.24) is 14.9 Å². The fourth-order valence-electron chi connectivity index (χ4n) is 4.75. The number of nitrogens with one attached hydrogen (secondary N) is 1. The highest BCUT2D eigenvalue weighted by Gasteiger charge is 2.29. The number of hydrogen-bond acceptors (Lipinski definition) is 7. The summed E-state index contributed by atoms with van der Waals surface area (Å²) in [4.78, 5) is 17.6. The molecule has 0 spiro atoms. The molecule has 1 aliphatic rings. The molecule has 1 fully saturated rings. The minimum atomic E-state index is -0.618. The number of furan rings is 1. The van der Waals surface area contributed by atoms with Gasteiger partial charge in [0.25, 0.3) is 5.91 Å². The Morgan fingerprint density at radius 3 is 2.73 bits per heavy atom. The molecule has 0 bridgehead atoms. The van der Waals surface area contributed by atoms with Crippen LogP contribution in [0.25, 0.3) is 27.7 Å². The molecule has 8 nitrogen and oxygen atoms in total. The molecule has 0 saturated carbocycles. The van der Waals surface area contributed by atoms with Crippen molar-refractivity contribution in [3.63, 3.8) is 0 Å². The van der Waals surface area contributed by atoms with E-state index in [0.29, 0.717) is 21.9 Å². The lowest BCUT2D eigenvalue weighted by Crippen LogP contribution is -2.29. The van der Waals surface area contributed by atoms with Gasteiger partial charge < -0.3 is 25.9 Å². The second-order valence-corrected chi connectivity index (χ2v) is 9.65. The Labute approximate surface area is 195 Å². The first-order valence-corrected chi connectivity index (χ1v) is 11.8. The second-order valence-electron chi connectivity index (χ2n) is 8.36. The number of ether oxygens (including phenoxy) is 1. The lowest BCUT2D eigenvalue weighted by Gasteiger charge is -2.22. The first-order chi connectivity index (χ1) is 15.9. The number of rotatable bonds is 5. The summed E-state index contributed by atoms with van der Waals surface area (Å²) in [6.45, 7) is 5.94. The van der Waals surface area contributed by atoms with Crippen LogP contribution >= 0.6 is 11.8 Å². The van der Waals surface area contributed by atoms with Crippen LogP contribution in [0.1, 0.15) is 34.3 Å². The number of methoxy groups -OCH3 is 1. The van der Waals surface area contributed by atoms with Gasteiger partial charge in [-0.3, -0.25) is 9.36 Å². The largest absolute Gasteiger partial charge is 0.496 e. The number of fused-ring (bicyclic) bond motifs is 3. The zero-order chi connectivity index (χ0) is 23.3. The van der Waals surface area contributed by atoms with Gasteiger partial charge in [-0.25, -0.2) is 4.98 Å². The molecule has 0 unspecified atom stereocenters. The number of carbonyl (C=O) groups is 1. The first-order valence-electron chi connectivity index (χ1n) is 10.9. The van der Waals surface area contributed by atoms with Crippen LogP contribution < -0.4 is 21.5 Å². The number of anilines is 1. The molecule has 172 valence electrons. The molecule has 4 heterocycles. The van der Waals surface area contributed by atoms with E-state index < -0.39 is 5.91 Å². The van der Waals surface area contributed by atoms with Gasteiger partial charge in [0.1, 0.15) is 22.2 Å². The van der Waals surface area contributed by atoms with Crippen molar-refractivity contribution in [1.29, 1.82) is 0 Å². The van der Waals surface area contributed by atoms with Gasteiger partial charge in [-0.15, -0.1) is 11.8 Å². The molecule has 5 N–H and O–H groups in total. The molecular weight excluding hydrogens is 438 g/mol. The van der Waals surface area contributed by atoms with Gasteiger partial charge in [0, 0.05) is 10.8 Å². The van der Waals surface area contributed by atoms with Gasteiger partial charge >= 0.3 is 0 Å². The van der Waals surface area contributed by atoms with Crippen LogP contribution in [0, 0.1) is 13.8 Å². The van der Waals surface area contributed by atoms with Crippen molar-refractivity contribution >= 4 is 45.5 Å². The molecule has 5 rings (SSSR count). The van der Waals surface area contributed by atoms with Crippen LogP contribution in [0.2, 0.25) is 0 Å². The highest BCUT2D eigenvalue weighted by molar-refractivity contribution is 8.00. The van der Waals surface area contributed by atoms with Gasteiger partial charge in [0.05, 0.1) is 35.4 Å². The van der Waals surface area contributed by atoms with Gasteiger partial charge in [0.2, 0.25) is 0 Å². The SMILES string of the molecule is COc1ccc(C)c(-n2c(N)c(C(N)=O)c3c4occc4c(SC4CCNCC4)nc32)c1C. The summed E-state index contributed by atoms with van der Waals surface area (Å²) in [6.07, 6.45) is 3.75. The monoisotopic (exact) mass is 465 g/mol. The van der Waals surface area contributed by atoms with Crippen LogP contribution in [-0.4, -0.2) is 40.9 Å². The molecule has 9 heteroatoms. The molecule has 4 aromatic rings. The van der Waals surface area contributed by atoms with Gasteiger partial charge in [-0.2, -0.15) is 0 Å². The number of primary amides is 1. The maximum absolute atomic E-state index is 12.6. The maximum atomic E-state index is 12.6. The number of nitrogens with two attached hydrogens (primary N) is 2. The van der Waals surface area contributed by atoms with Crippen LogP contribution in [0.15, 0.2) is 33.9 Å². The van der Waals surface area contributed by atoms with E-state index in [1.54, 1.807) is 25.1 Å². The number of nitrogen functional groups attached to an aromatic ring is 1. The van der Waals surface area contributed by atoms with E-state index in [2.05, 4.69) is 5.32 Å². The number of thioether (sulfide) groups is 1. The lowest BCUT2D eigenvalue weighted by atomic mass is 10.1. The van der Waals surface area contributed by atoms with E-state index >= 15 is 0 Å². The molecule has 3 aromatic heterocycles. The number of hydrogen-bond donors (Lipinski definition) is 3. The zero-order valence-electron chi connectivity index (χ0n) is 18.9. The fourth-order valence-corrected chi connectivity index (χ4v) is 5.96. The third kappa shape index (κ3) is 3.43. The molecule has 1 amide bonds. The number of piperidine rings is 1. The van der Waals surface area contributed by atoms with E-state index in [1.807, 2.05) is 36.6 Å². The molecular formula is C24H27N5O3S. The van der Waals surface area contributed by atoms with Crippen molar-refractivity contribution in [3.8, 4) is 11.4 Å². The van der Waals surface area contributed by atoms with Gasteiger partial charge in [0.15, 0.2) is 5.65 Å². The van der Waals surface area contributed by atoms with Crippen LogP contribution in [-0.2, 0) is 0 Å². The molecule has 33 heavy (non-hydrogen) atoms. The molecule has 1 aliphatic heterocycles. The predicted molar refractivity (Wildman–Crippen MR) is 132 cm³/mol. The summed E-state index contributed by atoms with van der Waals surface area (Å²) in [6, 6.07) is 5.78. The van der Waals surface area contributed by atoms with Crippen molar-refractivity contribution in [3.05, 3.63) is 41.2 Å². The summed E-state index contributed by atoms with van der Waals surface area (Å²) >= 11 is 1.75. The Kier molecular flexibility index (Phi) is 5.46. The summed E-state index contributed by atoms with van der Waals surface area (Å²) in [5.41, 5.74) is 16.5. The number of carbonyl (C=O) groups excluding carboxylic acids is 1. The number of benzene rings is 1. The molecule has 1 aromatic carbocycles. The van der Waals surface area contributed by atoms with E-state index in [-0.39, 0.29) is 11.4 Å². The fraction of sp³-hybridized carbons (Fsp3) is 0.333. The quantitative estimate of drug-likeness (QED) is 0.408. The van der Waals surface area contributed by atoms with E-state index in [4.69, 9.17) is 25.6 Å². The number of pyridine rings is 1. The summed E-state index contributed by atoms with van der Waals surface area (Å²) in [5.74, 6) is 0.347. The lowest BCUT2D eigenvalue weighted by molar-refractivity contribution is 0.100. The molecule has 0 radical (unpaired) electrons. The van der Waals surface area contributed by atoms with Crippen molar-refractivity contribution < 1.29 is 13.9 Å². The highest BCUT2D eigenvalue weighted by atomic mass is 32.2. The second kappa shape index (κ2) is 8.31. The maximum Gasteiger partial charge on any atom is 0.253 e. The Bertz CT molecular complexity index is 1380. The third-order valence-corrected chi connectivity index (χ3v) is 7.69. The molecule has 0 aliphatic carbocycles. The molecule has 1 saturated heterocycles. The average Bonchev–Trinajstić information content (AvgIpc) is 3.38. The minimum Gasteiger partial charge on any atom is -0.496 e. The van der Waals surface area contributed by atoms with Gasteiger partial charge in [-0.05, 0) is 57.5 Å². The zero-order valence-corrected chi connectivity index (χ0v) is 19.7. The highest BCUT2D eigenvalue weighted by Crippen LogP contribution is 2.42. The number of nitrogens with zero attached hydrogens (tertiary/aromatic N) is 2. The van der Waals surface area contributed by atoms with Crippen LogP contribution in [0.4, 0.5) is 5.82 Å². The smallest absolute Gasteiger partial charge is 0.253 e. The van der Waals surface area contributed by atoms with Gasteiger partial charge in [-0.1, -0.05) is 6.07 Å². The van der Waals surface area contributed by atoms with E-state index in [9.17, 15) is 4.79 Å². The minimum absolute atomic E-state index is 0.220. The average molecular weight is 466 g/mol. The van der Waals surface area contributed by atoms with Crippen molar-refractivity contribution in [2.24, 2.45) is 5.73 Å². The number of aromatic nitrogens is 2. The summed E-state index contributed by atoms with van der Waals surface area (Å²) in [5, 5.41) is 6.12. The standard InChI is InChI=1S/C24H27N5O3S/c1-12-4-5-16(31-3)13(2)19(12)29-21(25)18(22(26)30)17-20-15(8-11-32-20)24(28-23(17)29)33-14-6-9-27-10-7-14/h4-5,8,11,14,27H,6-7,9-10,25H2,1-3H3,(H2,26,30). The Hall–Kier alpha value is -3.17. The Morgan fingerprint density at radius 2 is 2.03 bits per heavy atom. The van der Waals surface area contributed by atoms with Crippen LogP contribution in [0.5, 0.6) is 5.75 Å². The molecule has 0 atom stereocenters. The predicted octanol–water partition coefficient (Wildman–Crippen LogP) is 3.92. The van der Waals surface area contributed by atoms with Crippen molar-refractivity contribution in [2.75, 3.05) is 25.9 Å². The van der Waals surface area contributed by atoms with E-state index in [0.717, 1.165) is 58.9 Å². The van der Waals surface area contributed by atoms with Crippen molar-refractivity contribution in [2.45, 2.75) is 37.0 Å². The normalized spacial score (nSPS) is 14.9. The number of aryl methyl sites for hydroxylation is 1. The Morgan fingerprint density at radius 1 is 1.27 bits per heavy atom. The topological polar surface area (TPSA) is 121 Å².